The number of benzene rings is 1. The zero-order valence-electron chi connectivity index (χ0n) is 13.4. The predicted molar refractivity (Wildman–Crippen MR) is 86.2 cm³/mol. The summed E-state index contributed by atoms with van der Waals surface area (Å²) in [4.78, 5) is 13.8. The first kappa shape index (κ1) is 16.6. The van der Waals surface area contributed by atoms with E-state index in [1.807, 2.05) is 44.0 Å². The molecule has 0 bridgehead atoms. The zero-order chi connectivity index (χ0) is 16.3. The summed E-state index contributed by atoms with van der Waals surface area (Å²) in [6.07, 6.45) is 0.586. The highest BCUT2D eigenvalue weighted by molar-refractivity contribution is 5.82. The van der Waals surface area contributed by atoms with Gasteiger partial charge in [-0.15, -0.1) is 0 Å². The van der Waals surface area contributed by atoms with Crippen molar-refractivity contribution in [3.05, 3.63) is 23.8 Å². The van der Waals surface area contributed by atoms with Crippen molar-refractivity contribution in [1.29, 1.82) is 0 Å². The lowest BCUT2D eigenvalue weighted by molar-refractivity contribution is -0.120. The van der Waals surface area contributed by atoms with Gasteiger partial charge >= 0.3 is 0 Å². The number of amides is 1. The number of anilines is 1. The quantitative estimate of drug-likeness (QED) is 0.743. The van der Waals surface area contributed by atoms with Gasteiger partial charge < -0.3 is 25.8 Å². The average molecular weight is 307 g/mol. The number of ether oxygens (including phenoxy) is 1. The van der Waals surface area contributed by atoms with Crippen LogP contribution in [0.25, 0.3) is 0 Å². The van der Waals surface area contributed by atoms with E-state index in [4.69, 9.17) is 10.5 Å². The van der Waals surface area contributed by atoms with Gasteiger partial charge in [-0.1, -0.05) is 6.07 Å². The van der Waals surface area contributed by atoms with Crippen LogP contribution in [0, 0.1) is 0 Å². The van der Waals surface area contributed by atoms with E-state index >= 15 is 0 Å². The summed E-state index contributed by atoms with van der Waals surface area (Å²) >= 11 is 0. The fourth-order valence-corrected chi connectivity index (χ4v) is 2.50. The number of hydrogen-bond acceptors (Lipinski definition) is 5. The van der Waals surface area contributed by atoms with E-state index in [-0.39, 0.29) is 25.1 Å². The van der Waals surface area contributed by atoms with Crippen molar-refractivity contribution in [3.63, 3.8) is 0 Å². The molecule has 0 aromatic heterocycles. The van der Waals surface area contributed by atoms with Crippen molar-refractivity contribution in [3.8, 4) is 5.75 Å². The molecule has 1 aliphatic rings. The minimum atomic E-state index is -0.445. The third-order valence-electron chi connectivity index (χ3n) is 3.79. The average Bonchev–Trinajstić information content (AvgIpc) is 2.46. The van der Waals surface area contributed by atoms with Gasteiger partial charge in [-0.05, 0) is 31.9 Å². The van der Waals surface area contributed by atoms with Gasteiger partial charge in [0.2, 0.25) is 5.91 Å². The number of hydrogen-bond donors (Lipinski definition) is 3. The Labute approximate surface area is 131 Å². The van der Waals surface area contributed by atoms with Gasteiger partial charge in [-0.2, -0.15) is 0 Å². The maximum absolute atomic E-state index is 11.9. The highest BCUT2D eigenvalue weighted by atomic mass is 16.5. The number of fused-ring (bicyclic) bond motifs is 1. The standard InChI is InChI=1S/C16H25N3O3/c1-16(2,10-17)22-13-5-4-11-6-12(9-20)18-15(21)8-19(3)14(11)7-13/h4-5,7,12,20H,6,8-10,17H2,1-3H3,(H,18,21). The normalized spacial score (nSPS) is 19.0. The fraction of sp³-hybridized carbons (Fsp3) is 0.562. The Hall–Kier alpha value is -1.79. The Balaban J connectivity index is 2.32. The molecule has 6 nitrogen and oxygen atoms in total. The van der Waals surface area contributed by atoms with Crippen LogP contribution in [0.2, 0.25) is 0 Å². The van der Waals surface area contributed by atoms with Crippen LogP contribution in [0.15, 0.2) is 18.2 Å². The largest absolute Gasteiger partial charge is 0.486 e. The molecule has 2 rings (SSSR count). The Morgan fingerprint density at radius 3 is 2.86 bits per heavy atom. The molecule has 0 saturated heterocycles. The van der Waals surface area contributed by atoms with Crippen molar-refractivity contribution in [1.82, 2.24) is 5.32 Å². The second-order valence-corrected chi connectivity index (χ2v) is 6.36. The van der Waals surface area contributed by atoms with Gasteiger partial charge in [0, 0.05) is 25.3 Å². The molecule has 1 aromatic rings. The van der Waals surface area contributed by atoms with Crippen LogP contribution >= 0.6 is 0 Å². The molecular weight excluding hydrogens is 282 g/mol. The molecule has 0 aliphatic carbocycles. The van der Waals surface area contributed by atoms with Crippen LogP contribution in [0.3, 0.4) is 0 Å². The molecule has 22 heavy (non-hydrogen) atoms. The molecule has 1 atom stereocenters. The molecule has 0 fully saturated rings. The van der Waals surface area contributed by atoms with Crippen LogP contribution < -0.4 is 20.7 Å². The van der Waals surface area contributed by atoms with E-state index in [0.717, 1.165) is 17.0 Å². The number of nitrogens with two attached hydrogens (primary N) is 1. The van der Waals surface area contributed by atoms with Gasteiger partial charge in [0.1, 0.15) is 11.4 Å². The predicted octanol–water partition coefficient (Wildman–Crippen LogP) is 0.272. The third-order valence-corrected chi connectivity index (χ3v) is 3.79. The Kier molecular flexibility index (Phi) is 4.93. The first-order chi connectivity index (χ1) is 10.3. The molecule has 0 radical (unpaired) electrons. The Morgan fingerprint density at radius 1 is 1.50 bits per heavy atom. The lowest BCUT2D eigenvalue weighted by Crippen LogP contribution is -2.46. The van der Waals surface area contributed by atoms with Crippen molar-refractivity contribution in [2.24, 2.45) is 5.73 Å². The number of aliphatic hydroxyl groups excluding tert-OH is 1. The summed E-state index contributed by atoms with van der Waals surface area (Å²) in [5, 5.41) is 12.2. The number of likely N-dealkylation sites (N-methyl/N-ethyl adjacent to an activating group) is 1. The van der Waals surface area contributed by atoms with Crippen molar-refractivity contribution in [2.75, 3.05) is 31.6 Å². The molecular formula is C16H25N3O3. The summed E-state index contributed by atoms with van der Waals surface area (Å²) in [5.41, 5.74) is 7.27. The molecule has 1 unspecified atom stereocenters. The topological polar surface area (TPSA) is 87.8 Å². The summed E-state index contributed by atoms with van der Waals surface area (Å²) in [6.45, 7) is 4.45. The molecule has 1 amide bonds. The molecule has 1 heterocycles. The molecule has 1 aromatic carbocycles. The Bertz CT molecular complexity index is 545. The summed E-state index contributed by atoms with van der Waals surface area (Å²) < 4.78 is 5.92. The monoisotopic (exact) mass is 307 g/mol. The first-order valence-corrected chi connectivity index (χ1v) is 7.48. The Morgan fingerprint density at radius 2 is 2.23 bits per heavy atom. The van der Waals surface area contributed by atoms with Crippen molar-refractivity contribution < 1.29 is 14.6 Å². The van der Waals surface area contributed by atoms with E-state index in [1.54, 1.807) is 0 Å². The van der Waals surface area contributed by atoms with Gasteiger partial charge in [0.05, 0.1) is 19.2 Å². The van der Waals surface area contributed by atoms with Crippen LogP contribution in [-0.2, 0) is 11.2 Å². The number of rotatable bonds is 4. The molecule has 122 valence electrons. The van der Waals surface area contributed by atoms with E-state index in [1.165, 1.54) is 0 Å². The first-order valence-electron chi connectivity index (χ1n) is 7.48. The smallest absolute Gasteiger partial charge is 0.239 e. The zero-order valence-corrected chi connectivity index (χ0v) is 13.4. The summed E-state index contributed by atoms with van der Waals surface area (Å²) in [6, 6.07) is 5.56. The van der Waals surface area contributed by atoms with Gasteiger partial charge in [0.15, 0.2) is 0 Å². The molecule has 6 heteroatoms. The molecule has 0 saturated carbocycles. The number of nitrogens with one attached hydrogen (secondary N) is 1. The molecule has 0 spiro atoms. The molecule has 4 N–H and O–H groups in total. The minimum absolute atomic E-state index is 0.0760. The van der Waals surface area contributed by atoms with Gasteiger partial charge in [-0.3, -0.25) is 4.79 Å². The maximum atomic E-state index is 11.9. The van der Waals surface area contributed by atoms with Crippen molar-refractivity contribution in [2.45, 2.75) is 31.9 Å². The van der Waals surface area contributed by atoms with E-state index < -0.39 is 5.60 Å². The number of aliphatic hydroxyl groups is 1. The summed E-state index contributed by atoms with van der Waals surface area (Å²) in [5.74, 6) is 0.628. The van der Waals surface area contributed by atoms with Crippen LogP contribution in [0.1, 0.15) is 19.4 Å². The van der Waals surface area contributed by atoms with Crippen LogP contribution in [-0.4, -0.2) is 49.4 Å². The third kappa shape index (κ3) is 3.90. The van der Waals surface area contributed by atoms with E-state index in [0.29, 0.717) is 13.0 Å². The number of nitrogens with zero attached hydrogens (tertiary/aromatic N) is 1. The lowest BCUT2D eigenvalue weighted by atomic mass is 10.0. The van der Waals surface area contributed by atoms with Crippen LogP contribution in [0.4, 0.5) is 5.69 Å². The lowest BCUT2D eigenvalue weighted by Gasteiger charge is -2.30. The van der Waals surface area contributed by atoms with Gasteiger partial charge in [0.25, 0.3) is 0 Å². The van der Waals surface area contributed by atoms with E-state index in [2.05, 4.69) is 5.32 Å². The fourth-order valence-electron chi connectivity index (χ4n) is 2.50. The highest BCUT2D eigenvalue weighted by Gasteiger charge is 2.23. The summed E-state index contributed by atoms with van der Waals surface area (Å²) in [7, 11) is 1.87. The minimum Gasteiger partial charge on any atom is -0.486 e. The van der Waals surface area contributed by atoms with Crippen LogP contribution in [0.5, 0.6) is 5.75 Å². The number of carbonyl (C=O) groups is 1. The maximum Gasteiger partial charge on any atom is 0.239 e. The number of carbonyl (C=O) groups excluding carboxylic acids is 1. The molecule has 1 aliphatic heterocycles. The van der Waals surface area contributed by atoms with Crippen molar-refractivity contribution >= 4 is 11.6 Å². The SMILES string of the molecule is CN1CC(=O)NC(CO)Cc2ccc(OC(C)(C)CN)cc21. The van der Waals surface area contributed by atoms with Gasteiger partial charge in [-0.25, -0.2) is 0 Å². The second-order valence-electron chi connectivity index (χ2n) is 6.36. The second kappa shape index (κ2) is 6.54. The highest BCUT2D eigenvalue weighted by Crippen LogP contribution is 2.29. The van der Waals surface area contributed by atoms with E-state index in [9.17, 15) is 9.90 Å².